The molecule has 1 fully saturated rings. The second-order valence-corrected chi connectivity index (χ2v) is 8.16. The summed E-state index contributed by atoms with van der Waals surface area (Å²) in [6.45, 7) is -0.301. The third kappa shape index (κ3) is 4.72. The van der Waals surface area contributed by atoms with Crippen molar-refractivity contribution < 1.29 is 32.6 Å². The number of Topliss-reactive ketones (excluding diaryl/α,β-unsaturated/α-hetero) is 1. The van der Waals surface area contributed by atoms with Crippen molar-refractivity contribution in [3.8, 4) is 5.75 Å². The molecule has 1 N–H and O–H groups in total. The van der Waals surface area contributed by atoms with E-state index < -0.39 is 35.2 Å². The first kappa shape index (κ1) is 24.3. The Hall–Kier alpha value is -3.85. The Kier molecular flexibility index (Phi) is 6.53. The molecule has 1 atom stereocenters. The fourth-order valence-electron chi connectivity index (χ4n) is 3.94. The van der Waals surface area contributed by atoms with Gasteiger partial charge in [-0.1, -0.05) is 23.7 Å². The molecule has 180 valence electrons. The summed E-state index contributed by atoms with van der Waals surface area (Å²) in [7, 11) is 1.41. The maximum absolute atomic E-state index is 13.2. The highest BCUT2D eigenvalue weighted by Gasteiger charge is 2.46. The van der Waals surface area contributed by atoms with Crippen molar-refractivity contribution in [1.82, 2.24) is 9.88 Å². The van der Waals surface area contributed by atoms with Gasteiger partial charge < -0.3 is 14.7 Å². The lowest BCUT2D eigenvalue weighted by molar-refractivity contribution is -0.140. The van der Waals surface area contributed by atoms with E-state index >= 15 is 0 Å². The molecule has 1 amide bonds. The van der Waals surface area contributed by atoms with Crippen molar-refractivity contribution in [3.05, 3.63) is 99.8 Å². The van der Waals surface area contributed by atoms with E-state index in [-0.39, 0.29) is 28.3 Å². The summed E-state index contributed by atoms with van der Waals surface area (Å²) in [6.07, 6.45) is -1.69. The summed E-state index contributed by atoms with van der Waals surface area (Å²) < 4.78 is 44.8. The lowest BCUT2D eigenvalue weighted by Gasteiger charge is -2.25. The van der Waals surface area contributed by atoms with Crippen LogP contribution in [-0.4, -0.2) is 33.8 Å². The molecule has 35 heavy (non-hydrogen) atoms. The second-order valence-electron chi connectivity index (χ2n) is 7.75. The zero-order chi connectivity index (χ0) is 25.3. The number of rotatable bonds is 5. The summed E-state index contributed by atoms with van der Waals surface area (Å²) in [5, 5.41) is 11.3. The van der Waals surface area contributed by atoms with E-state index in [9.17, 15) is 27.9 Å². The van der Waals surface area contributed by atoms with Crippen molar-refractivity contribution in [2.45, 2.75) is 18.8 Å². The number of carbonyl (C=O) groups excluding carboxylic acids is 2. The monoisotopic (exact) mass is 502 g/mol. The number of alkyl halides is 3. The van der Waals surface area contributed by atoms with Crippen LogP contribution in [0.2, 0.25) is 5.02 Å². The third-order valence-electron chi connectivity index (χ3n) is 5.60. The minimum atomic E-state index is -4.57. The summed E-state index contributed by atoms with van der Waals surface area (Å²) in [5.74, 6) is -2.13. The number of methoxy groups -OCH3 is 1. The number of aliphatic hydroxyl groups excluding tert-OH is 1. The van der Waals surface area contributed by atoms with Crippen LogP contribution in [0.4, 0.5) is 13.2 Å². The SMILES string of the molecule is COc1ccc(Cl)c(/C(O)=C2\C(=O)C(=O)N(Cc3cccc(C(F)(F)F)c3)C2c2ccncc2)c1. The van der Waals surface area contributed by atoms with Crippen LogP contribution in [0.1, 0.15) is 28.3 Å². The van der Waals surface area contributed by atoms with E-state index in [4.69, 9.17) is 16.3 Å². The van der Waals surface area contributed by atoms with Crippen LogP contribution in [0.25, 0.3) is 5.76 Å². The average molecular weight is 503 g/mol. The highest BCUT2D eigenvalue weighted by Crippen LogP contribution is 2.42. The van der Waals surface area contributed by atoms with Gasteiger partial charge in [-0.3, -0.25) is 14.6 Å². The van der Waals surface area contributed by atoms with Gasteiger partial charge in [-0.15, -0.1) is 0 Å². The van der Waals surface area contributed by atoms with Gasteiger partial charge in [0.25, 0.3) is 11.7 Å². The normalized spacial score (nSPS) is 17.6. The molecule has 1 aliphatic rings. The van der Waals surface area contributed by atoms with Crippen LogP contribution in [-0.2, 0) is 22.3 Å². The van der Waals surface area contributed by atoms with Crippen LogP contribution in [0.3, 0.4) is 0 Å². The molecule has 1 aliphatic heterocycles. The van der Waals surface area contributed by atoms with Crippen molar-refractivity contribution in [2.24, 2.45) is 0 Å². The van der Waals surface area contributed by atoms with Gasteiger partial charge in [-0.25, -0.2) is 0 Å². The lowest BCUT2D eigenvalue weighted by atomic mass is 9.95. The van der Waals surface area contributed by atoms with Gasteiger partial charge in [0.05, 0.1) is 29.3 Å². The number of hydrogen-bond acceptors (Lipinski definition) is 5. The van der Waals surface area contributed by atoms with E-state index in [2.05, 4.69) is 4.98 Å². The number of hydrogen-bond donors (Lipinski definition) is 1. The molecule has 0 saturated carbocycles. The Balaban J connectivity index is 1.86. The Morgan fingerprint density at radius 3 is 2.49 bits per heavy atom. The molecule has 10 heteroatoms. The van der Waals surface area contributed by atoms with Gasteiger partial charge in [0.2, 0.25) is 0 Å². The number of aromatic nitrogens is 1. The molecule has 2 aromatic carbocycles. The minimum absolute atomic E-state index is 0.0714. The van der Waals surface area contributed by atoms with Crippen LogP contribution < -0.4 is 4.74 Å². The molecule has 3 aromatic rings. The van der Waals surface area contributed by atoms with Gasteiger partial charge in [0.1, 0.15) is 11.5 Å². The van der Waals surface area contributed by atoms with Gasteiger partial charge in [0.15, 0.2) is 0 Å². The molecule has 0 bridgehead atoms. The van der Waals surface area contributed by atoms with E-state index in [0.717, 1.165) is 17.0 Å². The molecule has 4 rings (SSSR count). The van der Waals surface area contributed by atoms with Crippen molar-refractivity contribution in [3.63, 3.8) is 0 Å². The molecule has 0 spiro atoms. The van der Waals surface area contributed by atoms with Crippen LogP contribution in [0.5, 0.6) is 5.75 Å². The number of benzene rings is 2. The van der Waals surface area contributed by atoms with Crippen LogP contribution in [0, 0.1) is 0 Å². The zero-order valence-electron chi connectivity index (χ0n) is 18.2. The van der Waals surface area contributed by atoms with Gasteiger partial charge in [0, 0.05) is 24.5 Å². The third-order valence-corrected chi connectivity index (χ3v) is 5.93. The largest absolute Gasteiger partial charge is 0.507 e. The predicted molar refractivity (Wildman–Crippen MR) is 122 cm³/mol. The van der Waals surface area contributed by atoms with Gasteiger partial charge in [-0.2, -0.15) is 13.2 Å². The molecule has 2 heterocycles. The predicted octanol–water partition coefficient (Wildman–Crippen LogP) is 5.38. The maximum atomic E-state index is 13.2. The number of ether oxygens (including phenoxy) is 1. The Morgan fingerprint density at radius 2 is 1.83 bits per heavy atom. The molecule has 0 radical (unpaired) electrons. The fourth-order valence-corrected chi connectivity index (χ4v) is 4.14. The number of amides is 1. The Labute approximate surface area is 203 Å². The van der Waals surface area contributed by atoms with Crippen molar-refractivity contribution in [1.29, 1.82) is 0 Å². The van der Waals surface area contributed by atoms with Crippen LogP contribution >= 0.6 is 11.6 Å². The van der Waals surface area contributed by atoms with E-state index in [1.807, 2.05) is 0 Å². The second kappa shape index (κ2) is 9.42. The average Bonchev–Trinajstić information content (AvgIpc) is 3.09. The smallest absolute Gasteiger partial charge is 0.416 e. The van der Waals surface area contributed by atoms with E-state index in [1.165, 1.54) is 43.8 Å². The summed E-state index contributed by atoms with van der Waals surface area (Å²) in [5.41, 5.74) is -0.451. The first-order valence-electron chi connectivity index (χ1n) is 10.3. The molecule has 1 saturated heterocycles. The number of aliphatic hydroxyl groups is 1. The molecule has 1 unspecified atom stereocenters. The van der Waals surface area contributed by atoms with Crippen LogP contribution in [0.15, 0.2) is 72.6 Å². The van der Waals surface area contributed by atoms with E-state index in [1.54, 1.807) is 18.2 Å². The topological polar surface area (TPSA) is 79.7 Å². The number of likely N-dealkylation sites (tertiary alicyclic amines) is 1. The standard InChI is InChI=1S/C25H18ClF3N2O4/c1-35-17-5-6-19(26)18(12-17)22(32)20-21(15-7-9-30-10-8-15)31(24(34)23(20)33)13-14-3-2-4-16(11-14)25(27,28)29/h2-12,21,32H,13H2,1H3/b22-20+. The zero-order valence-corrected chi connectivity index (χ0v) is 19.0. The maximum Gasteiger partial charge on any atom is 0.416 e. The highest BCUT2D eigenvalue weighted by molar-refractivity contribution is 6.47. The van der Waals surface area contributed by atoms with Crippen molar-refractivity contribution >= 4 is 29.1 Å². The number of halogens is 4. The first-order chi connectivity index (χ1) is 16.6. The van der Waals surface area contributed by atoms with E-state index in [0.29, 0.717) is 11.3 Å². The molecule has 6 nitrogen and oxygen atoms in total. The van der Waals surface area contributed by atoms with Crippen molar-refractivity contribution in [2.75, 3.05) is 7.11 Å². The molecular weight excluding hydrogens is 485 g/mol. The summed E-state index contributed by atoms with van der Waals surface area (Å²) in [6, 6.07) is 11.0. The summed E-state index contributed by atoms with van der Waals surface area (Å²) >= 11 is 6.25. The fraction of sp³-hybridized carbons (Fsp3) is 0.160. The number of nitrogens with zero attached hydrogens (tertiary/aromatic N) is 2. The molecule has 0 aliphatic carbocycles. The quantitative estimate of drug-likeness (QED) is 0.288. The lowest BCUT2D eigenvalue weighted by Crippen LogP contribution is -2.29. The highest BCUT2D eigenvalue weighted by atomic mass is 35.5. The Morgan fingerprint density at radius 1 is 1.11 bits per heavy atom. The van der Waals surface area contributed by atoms with Gasteiger partial charge in [-0.05, 0) is 53.6 Å². The molecule has 1 aromatic heterocycles. The number of ketones is 1. The minimum Gasteiger partial charge on any atom is -0.507 e. The first-order valence-corrected chi connectivity index (χ1v) is 10.7. The summed E-state index contributed by atoms with van der Waals surface area (Å²) in [4.78, 5) is 31.2. The number of carbonyl (C=O) groups is 2. The number of pyridine rings is 1. The Bertz CT molecular complexity index is 1330. The van der Waals surface area contributed by atoms with Gasteiger partial charge >= 0.3 is 6.18 Å². The molecular formula is C25H18ClF3N2O4.